The Morgan fingerprint density at radius 1 is 1.17 bits per heavy atom. The molecule has 6 nitrogen and oxygen atoms in total. The summed E-state index contributed by atoms with van der Waals surface area (Å²) in [6, 6.07) is 10.2. The summed E-state index contributed by atoms with van der Waals surface area (Å²) in [6.45, 7) is 7.30. The van der Waals surface area contributed by atoms with E-state index in [0.717, 1.165) is 36.5 Å². The van der Waals surface area contributed by atoms with E-state index in [1.807, 2.05) is 12.1 Å². The molecule has 0 unspecified atom stereocenters. The Labute approximate surface area is 177 Å². The second-order valence-corrected chi connectivity index (χ2v) is 8.05. The quantitative estimate of drug-likeness (QED) is 0.739. The lowest BCUT2D eigenvalue weighted by molar-refractivity contribution is -0.121. The minimum absolute atomic E-state index is 0.0358. The average molecular weight is 407 g/mol. The summed E-state index contributed by atoms with van der Waals surface area (Å²) in [4.78, 5) is 29.5. The van der Waals surface area contributed by atoms with Crippen molar-refractivity contribution in [3.8, 4) is 6.07 Å². The van der Waals surface area contributed by atoms with Gasteiger partial charge in [0.15, 0.2) is 0 Å². The first-order chi connectivity index (χ1) is 14.5. The van der Waals surface area contributed by atoms with Crippen LogP contribution >= 0.6 is 0 Å². The largest absolute Gasteiger partial charge is 0.352 e. The topological polar surface area (TPSA) is 89.0 Å². The molecule has 30 heavy (non-hydrogen) atoms. The zero-order valence-electron chi connectivity index (χ0n) is 17.9. The van der Waals surface area contributed by atoms with Crippen molar-refractivity contribution in [1.82, 2.24) is 15.2 Å². The maximum atomic E-state index is 12.5. The highest BCUT2D eigenvalue weighted by molar-refractivity contribution is 5.76. The van der Waals surface area contributed by atoms with Crippen molar-refractivity contribution in [2.75, 3.05) is 13.1 Å². The maximum Gasteiger partial charge on any atom is 0.266 e. The fourth-order valence-electron chi connectivity index (χ4n) is 4.18. The van der Waals surface area contributed by atoms with Gasteiger partial charge in [-0.05, 0) is 68.5 Å². The van der Waals surface area contributed by atoms with Gasteiger partial charge in [0.25, 0.3) is 5.56 Å². The summed E-state index contributed by atoms with van der Waals surface area (Å²) in [7, 11) is 0. The number of amides is 1. The van der Waals surface area contributed by atoms with Crippen molar-refractivity contribution in [2.24, 2.45) is 0 Å². The molecule has 1 aromatic heterocycles. The van der Waals surface area contributed by atoms with Gasteiger partial charge >= 0.3 is 0 Å². The van der Waals surface area contributed by atoms with Crippen LogP contribution in [-0.4, -0.2) is 28.9 Å². The number of hydrogen-bond acceptors (Lipinski definition) is 4. The number of aryl methyl sites for hydroxylation is 1. The van der Waals surface area contributed by atoms with Crippen molar-refractivity contribution in [3.63, 3.8) is 0 Å². The fourth-order valence-corrected chi connectivity index (χ4v) is 4.18. The van der Waals surface area contributed by atoms with E-state index in [4.69, 9.17) is 0 Å². The predicted molar refractivity (Wildman–Crippen MR) is 117 cm³/mol. The monoisotopic (exact) mass is 406 g/mol. The van der Waals surface area contributed by atoms with Gasteiger partial charge < -0.3 is 10.3 Å². The van der Waals surface area contributed by atoms with Gasteiger partial charge in [0, 0.05) is 25.2 Å². The number of rotatable bonds is 7. The first-order valence-corrected chi connectivity index (χ1v) is 10.7. The van der Waals surface area contributed by atoms with Crippen LogP contribution in [0.25, 0.3) is 0 Å². The van der Waals surface area contributed by atoms with Gasteiger partial charge in [0.05, 0.1) is 0 Å². The highest BCUT2D eigenvalue weighted by Gasteiger charge is 2.15. The molecule has 0 radical (unpaired) electrons. The molecule has 1 fully saturated rings. The minimum atomic E-state index is -0.369. The molecule has 0 bridgehead atoms. The van der Waals surface area contributed by atoms with Crippen LogP contribution in [0, 0.1) is 25.2 Å². The summed E-state index contributed by atoms with van der Waals surface area (Å²) < 4.78 is 0. The second kappa shape index (κ2) is 10.2. The third-order valence-electron chi connectivity index (χ3n) is 5.96. The van der Waals surface area contributed by atoms with Crippen LogP contribution in [0.1, 0.15) is 59.2 Å². The number of carbonyl (C=O) groups excluding carboxylic acids is 1. The van der Waals surface area contributed by atoms with Crippen molar-refractivity contribution in [3.05, 3.63) is 68.1 Å². The Morgan fingerprint density at radius 3 is 2.57 bits per heavy atom. The number of nitrogens with one attached hydrogen (secondary N) is 2. The Morgan fingerprint density at radius 2 is 1.87 bits per heavy atom. The van der Waals surface area contributed by atoms with Gasteiger partial charge in [0.1, 0.15) is 11.6 Å². The standard InChI is InChI=1S/C24H30N4O2/c1-17-21(18(2)27-24(30)22(17)14-25)10-11-23(29)26-15-19-8-4-5-9-20(19)16-28-12-6-3-7-13-28/h4-5,8-9H,3,6-7,10-13,15-16H2,1-2H3,(H,26,29)(H,27,30). The summed E-state index contributed by atoms with van der Waals surface area (Å²) in [5, 5.41) is 12.2. The summed E-state index contributed by atoms with van der Waals surface area (Å²) in [5.74, 6) is -0.0358. The predicted octanol–water partition coefficient (Wildman–Crippen LogP) is 3.10. The van der Waals surface area contributed by atoms with Crippen LogP contribution < -0.4 is 10.9 Å². The number of pyridine rings is 1. The number of likely N-dealkylation sites (tertiary alicyclic amines) is 1. The third-order valence-corrected chi connectivity index (χ3v) is 5.96. The lowest BCUT2D eigenvalue weighted by Gasteiger charge is -2.27. The van der Waals surface area contributed by atoms with E-state index >= 15 is 0 Å². The van der Waals surface area contributed by atoms with E-state index in [2.05, 4.69) is 33.4 Å². The molecule has 6 heteroatoms. The van der Waals surface area contributed by atoms with E-state index in [1.165, 1.54) is 24.8 Å². The second-order valence-electron chi connectivity index (χ2n) is 8.05. The third kappa shape index (κ3) is 5.37. The Bertz CT molecular complexity index is 997. The van der Waals surface area contributed by atoms with Gasteiger partial charge in [-0.25, -0.2) is 0 Å². The Kier molecular flexibility index (Phi) is 7.42. The minimum Gasteiger partial charge on any atom is -0.352 e. The van der Waals surface area contributed by atoms with Crippen LogP contribution in [0.2, 0.25) is 0 Å². The molecule has 0 atom stereocenters. The number of nitriles is 1. The molecule has 1 amide bonds. The fraction of sp³-hybridized carbons (Fsp3) is 0.458. The van der Waals surface area contributed by atoms with Gasteiger partial charge in [-0.1, -0.05) is 30.7 Å². The van der Waals surface area contributed by atoms with Crippen molar-refractivity contribution < 1.29 is 4.79 Å². The van der Waals surface area contributed by atoms with Crippen LogP contribution in [0.15, 0.2) is 29.1 Å². The number of aromatic amines is 1. The van der Waals surface area contributed by atoms with Gasteiger partial charge in [0.2, 0.25) is 5.91 Å². The highest BCUT2D eigenvalue weighted by atomic mass is 16.1. The molecular weight excluding hydrogens is 376 g/mol. The number of aromatic nitrogens is 1. The molecule has 1 aliphatic rings. The van der Waals surface area contributed by atoms with E-state index in [0.29, 0.717) is 24.9 Å². The molecule has 1 aromatic carbocycles. The van der Waals surface area contributed by atoms with E-state index < -0.39 is 0 Å². The molecule has 2 aromatic rings. The van der Waals surface area contributed by atoms with Crippen molar-refractivity contribution in [1.29, 1.82) is 5.26 Å². The Hall–Kier alpha value is -2.91. The van der Waals surface area contributed by atoms with Crippen molar-refractivity contribution in [2.45, 2.75) is 59.0 Å². The van der Waals surface area contributed by atoms with E-state index in [9.17, 15) is 14.9 Å². The molecule has 1 saturated heterocycles. The van der Waals surface area contributed by atoms with Crippen LogP contribution in [0.4, 0.5) is 0 Å². The maximum absolute atomic E-state index is 12.5. The molecule has 1 aliphatic heterocycles. The molecule has 2 N–H and O–H groups in total. The first kappa shape index (κ1) is 21.8. The average Bonchev–Trinajstić information content (AvgIpc) is 2.74. The molecular formula is C24H30N4O2. The van der Waals surface area contributed by atoms with Gasteiger partial charge in [-0.3, -0.25) is 14.5 Å². The number of benzene rings is 1. The number of carbonyl (C=O) groups is 1. The van der Waals surface area contributed by atoms with Crippen LogP contribution in [0.5, 0.6) is 0 Å². The van der Waals surface area contributed by atoms with Crippen molar-refractivity contribution >= 4 is 5.91 Å². The smallest absolute Gasteiger partial charge is 0.266 e. The van der Waals surface area contributed by atoms with Gasteiger partial charge in [-0.2, -0.15) is 5.26 Å². The zero-order valence-corrected chi connectivity index (χ0v) is 17.9. The number of H-pyrrole nitrogens is 1. The molecule has 0 aliphatic carbocycles. The molecule has 0 saturated carbocycles. The zero-order chi connectivity index (χ0) is 21.5. The lowest BCUT2D eigenvalue weighted by atomic mass is 9.99. The Balaban J connectivity index is 1.58. The first-order valence-electron chi connectivity index (χ1n) is 10.7. The van der Waals surface area contributed by atoms with Crippen LogP contribution in [0.3, 0.4) is 0 Å². The SMILES string of the molecule is Cc1[nH]c(=O)c(C#N)c(C)c1CCC(=O)NCc1ccccc1CN1CCCCC1. The van der Waals surface area contributed by atoms with Crippen LogP contribution in [-0.2, 0) is 24.3 Å². The number of piperidine rings is 1. The number of nitrogens with zero attached hydrogens (tertiary/aromatic N) is 2. The summed E-state index contributed by atoms with van der Waals surface area (Å²) >= 11 is 0. The number of hydrogen-bond donors (Lipinski definition) is 2. The highest BCUT2D eigenvalue weighted by Crippen LogP contribution is 2.17. The molecule has 2 heterocycles. The van der Waals surface area contributed by atoms with E-state index in [-0.39, 0.29) is 17.0 Å². The lowest BCUT2D eigenvalue weighted by Crippen LogP contribution is -2.30. The van der Waals surface area contributed by atoms with E-state index in [1.54, 1.807) is 13.8 Å². The molecule has 3 rings (SSSR count). The summed E-state index contributed by atoms with van der Waals surface area (Å²) in [6.07, 6.45) is 4.64. The van der Waals surface area contributed by atoms with Gasteiger partial charge in [-0.15, -0.1) is 0 Å². The summed E-state index contributed by atoms with van der Waals surface area (Å²) in [5.41, 5.74) is 4.43. The molecule has 0 spiro atoms. The normalized spacial score (nSPS) is 14.3. The molecule has 158 valence electrons.